The lowest BCUT2D eigenvalue weighted by Crippen LogP contribution is -2.21. The molecule has 0 saturated carbocycles. The first-order chi connectivity index (χ1) is 10.7. The standard InChI is InChI=1S/C18H17N3O/c1-13-8-6-7-11-17(13)19-12-16-14(2)20-21(18(16)22)15-9-4-3-5-10-15/h3-12,19H,1-2H3. The molecule has 1 aliphatic rings. The van der Waals surface area contributed by atoms with Crippen molar-refractivity contribution in [2.45, 2.75) is 13.8 Å². The molecule has 0 saturated heterocycles. The van der Waals surface area contributed by atoms with Crippen LogP contribution >= 0.6 is 0 Å². The van der Waals surface area contributed by atoms with E-state index in [0.29, 0.717) is 11.3 Å². The number of hydrazone groups is 1. The van der Waals surface area contributed by atoms with E-state index in [4.69, 9.17) is 0 Å². The third-order valence-corrected chi connectivity index (χ3v) is 3.58. The Labute approximate surface area is 129 Å². The number of rotatable bonds is 3. The van der Waals surface area contributed by atoms with E-state index >= 15 is 0 Å². The fraction of sp³-hybridized carbons (Fsp3) is 0.111. The number of anilines is 2. The van der Waals surface area contributed by atoms with Gasteiger partial charge in [-0.1, -0.05) is 36.4 Å². The fourth-order valence-corrected chi connectivity index (χ4v) is 2.31. The molecule has 4 nitrogen and oxygen atoms in total. The Bertz CT molecular complexity index is 763. The first kappa shape index (κ1) is 14.1. The molecule has 1 heterocycles. The van der Waals surface area contributed by atoms with Crippen molar-refractivity contribution in [3.8, 4) is 0 Å². The van der Waals surface area contributed by atoms with Crippen LogP contribution in [0.1, 0.15) is 12.5 Å². The van der Waals surface area contributed by atoms with Crippen LogP contribution in [0.4, 0.5) is 11.4 Å². The number of aryl methyl sites for hydroxylation is 1. The normalized spacial score (nSPS) is 16.1. The van der Waals surface area contributed by atoms with Crippen molar-refractivity contribution in [1.29, 1.82) is 0 Å². The average Bonchev–Trinajstić information content (AvgIpc) is 2.82. The average molecular weight is 291 g/mol. The van der Waals surface area contributed by atoms with Crippen molar-refractivity contribution >= 4 is 23.0 Å². The molecule has 0 radical (unpaired) electrons. The maximum absolute atomic E-state index is 12.5. The van der Waals surface area contributed by atoms with Crippen molar-refractivity contribution in [2.75, 3.05) is 10.3 Å². The third kappa shape index (κ3) is 2.63. The van der Waals surface area contributed by atoms with Crippen LogP contribution in [0.3, 0.4) is 0 Å². The van der Waals surface area contributed by atoms with Crippen molar-refractivity contribution in [2.24, 2.45) is 5.10 Å². The molecule has 0 aliphatic carbocycles. The molecule has 0 fully saturated rings. The van der Waals surface area contributed by atoms with Gasteiger partial charge in [-0.2, -0.15) is 10.1 Å². The van der Waals surface area contributed by atoms with Crippen molar-refractivity contribution in [1.82, 2.24) is 0 Å². The lowest BCUT2D eigenvalue weighted by atomic mass is 10.1. The van der Waals surface area contributed by atoms with Gasteiger partial charge in [0.1, 0.15) is 0 Å². The summed E-state index contributed by atoms with van der Waals surface area (Å²) in [6.07, 6.45) is 1.73. The molecule has 1 aliphatic heterocycles. The summed E-state index contributed by atoms with van der Waals surface area (Å²) in [6, 6.07) is 17.4. The topological polar surface area (TPSA) is 44.7 Å². The zero-order chi connectivity index (χ0) is 15.5. The molecule has 1 amide bonds. The summed E-state index contributed by atoms with van der Waals surface area (Å²) >= 11 is 0. The number of para-hydroxylation sites is 2. The number of hydrogen-bond acceptors (Lipinski definition) is 3. The number of nitrogens with zero attached hydrogens (tertiary/aromatic N) is 2. The highest BCUT2D eigenvalue weighted by Crippen LogP contribution is 2.23. The van der Waals surface area contributed by atoms with Gasteiger partial charge in [0.15, 0.2) is 0 Å². The number of amides is 1. The van der Waals surface area contributed by atoms with Crippen LogP contribution in [0, 0.1) is 6.92 Å². The quantitative estimate of drug-likeness (QED) is 0.876. The second-order valence-electron chi connectivity index (χ2n) is 5.16. The number of benzene rings is 2. The molecular formula is C18H17N3O. The summed E-state index contributed by atoms with van der Waals surface area (Å²) in [4.78, 5) is 12.5. The van der Waals surface area contributed by atoms with Gasteiger partial charge >= 0.3 is 0 Å². The van der Waals surface area contributed by atoms with E-state index in [9.17, 15) is 4.79 Å². The third-order valence-electron chi connectivity index (χ3n) is 3.58. The largest absolute Gasteiger partial charge is 0.361 e. The molecule has 0 unspecified atom stereocenters. The zero-order valence-corrected chi connectivity index (χ0v) is 12.6. The molecule has 1 N–H and O–H groups in total. The van der Waals surface area contributed by atoms with Gasteiger partial charge in [0.05, 0.1) is 17.0 Å². The van der Waals surface area contributed by atoms with Crippen LogP contribution in [0.25, 0.3) is 0 Å². The summed E-state index contributed by atoms with van der Waals surface area (Å²) in [5, 5.41) is 8.98. The summed E-state index contributed by atoms with van der Waals surface area (Å²) in [7, 11) is 0. The predicted octanol–water partition coefficient (Wildman–Crippen LogP) is 3.71. The van der Waals surface area contributed by atoms with Gasteiger partial charge in [0.25, 0.3) is 5.91 Å². The highest BCUT2D eigenvalue weighted by Gasteiger charge is 2.28. The summed E-state index contributed by atoms with van der Waals surface area (Å²) < 4.78 is 0. The molecule has 4 heteroatoms. The van der Waals surface area contributed by atoms with E-state index in [0.717, 1.165) is 16.9 Å². The first-order valence-electron chi connectivity index (χ1n) is 7.14. The number of hydrogen-bond donors (Lipinski definition) is 1. The molecule has 0 bridgehead atoms. The highest BCUT2D eigenvalue weighted by molar-refractivity contribution is 6.29. The van der Waals surface area contributed by atoms with Gasteiger partial charge in [-0.25, -0.2) is 0 Å². The van der Waals surface area contributed by atoms with Gasteiger partial charge in [-0.05, 0) is 37.6 Å². The number of carbonyl (C=O) groups is 1. The molecule has 3 rings (SSSR count). The van der Waals surface area contributed by atoms with Crippen LogP contribution in [-0.4, -0.2) is 11.6 Å². The van der Waals surface area contributed by atoms with E-state index in [2.05, 4.69) is 10.4 Å². The Hall–Kier alpha value is -2.88. The Morgan fingerprint density at radius 3 is 2.41 bits per heavy atom. The predicted molar refractivity (Wildman–Crippen MR) is 89.9 cm³/mol. The molecule has 0 atom stereocenters. The smallest absolute Gasteiger partial charge is 0.282 e. The SMILES string of the molecule is CC1=NN(c2ccccc2)C(=O)C1=CNc1ccccc1C. The van der Waals surface area contributed by atoms with Gasteiger partial charge in [0, 0.05) is 11.9 Å². The van der Waals surface area contributed by atoms with Crippen molar-refractivity contribution in [3.05, 3.63) is 71.9 Å². The second-order valence-corrected chi connectivity index (χ2v) is 5.16. The Morgan fingerprint density at radius 2 is 1.68 bits per heavy atom. The Morgan fingerprint density at radius 1 is 1.00 bits per heavy atom. The Balaban J connectivity index is 1.84. The minimum atomic E-state index is -0.121. The van der Waals surface area contributed by atoms with Crippen LogP contribution in [0.2, 0.25) is 0 Å². The summed E-state index contributed by atoms with van der Waals surface area (Å²) in [5.74, 6) is -0.121. The number of nitrogens with one attached hydrogen (secondary N) is 1. The molecule has 0 aromatic heterocycles. The van der Waals surface area contributed by atoms with Gasteiger partial charge in [-0.3, -0.25) is 4.79 Å². The Kier molecular flexibility index (Phi) is 3.74. The van der Waals surface area contributed by atoms with Crippen molar-refractivity contribution in [3.63, 3.8) is 0 Å². The van der Waals surface area contributed by atoms with E-state index in [1.807, 2.05) is 68.4 Å². The molecule has 2 aromatic rings. The molecule has 110 valence electrons. The van der Waals surface area contributed by atoms with E-state index in [1.54, 1.807) is 6.20 Å². The maximum Gasteiger partial charge on any atom is 0.282 e. The van der Waals surface area contributed by atoms with Crippen molar-refractivity contribution < 1.29 is 4.79 Å². The lowest BCUT2D eigenvalue weighted by Gasteiger charge is -2.11. The minimum absolute atomic E-state index is 0.121. The molecule has 0 spiro atoms. The number of carbonyl (C=O) groups excluding carboxylic acids is 1. The van der Waals surface area contributed by atoms with Crippen LogP contribution in [0.5, 0.6) is 0 Å². The first-order valence-corrected chi connectivity index (χ1v) is 7.14. The van der Waals surface area contributed by atoms with Gasteiger partial charge in [0.2, 0.25) is 0 Å². The zero-order valence-electron chi connectivity index (χ0n) is 12.6. The van der Waals surface area contributed by atoms with E-state index < -0.39 is 0 Å². The van der Waals surface area contributed by atoms with Crippen LogP contribution in [0.15, 0.2) is 71.5 Å². The fourth-order valence-electron chi connectivity index (χ4n) is 2.31. The molecule has 22 heavy (non-hydrogen) atoms. The highest BCUT2D eigenvalue weighted by atomic mass is 16.2. The van der Waals surface area contributed by atoms with E-state index in [1.165, 1.54) is 5.01 Å². The minimum Gasteiger partial charge on any atom is -0.361 e. The summed E-state index contributed by atoms with van der Waals surface area (Å²) in [5.41, 5.74) is 4.15. The monoisotopic (exact) mass is 291 g/mol. The maximum atomic E-state index is 12.5. The van der Waals surface area contributed by atoms with Gasteiger partial charge in [-0.15, -0.1) is 0 Å². The molecular weight excluding hydrogens is 274 g/mol. The van der Waals surface area contributed by atoms with Crippen LogP contribution < -0.4 is 10.3 Å². The second kappa shape index (κ2) is 5.85. The summed E-state index contributed by atoms with van der Waals surface area (Å²) in [6.45, 7) is 3.86. The lowest BCUT2D eigenvalue weighted by molar-refractivity contribution is -0.114. The van der Waals surface area contributed by atoms with Gasteiger partial charge < -0.3 is 5.32 Å². The molecule has 2 aromatic carbocycles. The van der Waals surface area contributed by atoms with Crippen LogP contribution in [-0.2, 0) is 4.79 Å². The van der Waals surface area contributed by atoms with E-state index in [-0.39, 0.29) is 5.91 Å².